The molecule has 0 bridgehead atoms. The van der Waals surface area contributed by atoms with Crippen molar-refractivity contribution in [2.24, 2.45) is 5.92 Å². The highest BCUT2D eigenvalue weighted by atomic mass is 16.4. The smallest absolute Gasteiger partial charge is 0.336 e. The summed E-state index contributed by atoms with van der Waals surface area (Å²) < 4.78 is 5.41. The predicted octanol–water partition coefficient (Wildman–Crippen LogP) is 4.21. The van der Waals surface area contributed by atoms with E-state index in [1.165, 1.54) is 0 Å². The Balaban J connectivity index is 1.41. The lowest BCUT2D eigenvalue weighted by atomic mass is 9.95. The number of carbonyl (C=O) groups is 1. The van der Waals surface area contributed by atoms with Gasteiger partial charge in [-0.2, -0.15) is 0 Å². The van der Waals surface area contributed by atoms with Gasteiger partial charge in [-0.1, -0.05) is 37.3 Å². The van der Waals surface area contributed by atoms with Crippen LogP contribution in [0.2, 0.25) is 0 Å². The van der Waals surface area contributed by atoms with Crippen LogP contribution in [0.1, 0.15) is 30.9 Å². The Bertz CT molecular complexity index is 1050. The molecular formula is C24H26N2O3. The molecule has 0 atom stereocenters. The number of aryl methyl sites for hydroxylation is 1. The van der Waals surface area contributed by atoms with Gasteiger partial charge in [0, 0.05) is 29.6 Å². The zero-order chi connectivity index (χ0) is 20.2. The fourth-order valence-electron chi connectivity index (χ4n) is 3.99. The van der Waals surface area contributed by atoms with Crippen LogP contribution in [-0.2, 0) is 17.8 Å². The van der Waals surface area contributed by atoms with Gasteiger partial charge in [0.2, 0.25) is 5.91 Å². The van der Waals surface area contributed by atoms with Gasteiger partial charge in [-0.15, -0.1) is 0 Å². The largest absolute Gasteiger partial charge is 0.423 e. The Morgan fingerprint density at radius 1 is 1.10 bits per heavy atom. The molecule has 5 heteroatoms. The number of likely N-dealkylation sites (tertiary alicyclic amines) is 1. The third-order valence-electron chi connectivity index (χ3n) is 5.70. The number of carbonyl (C=O) groups excluding carboxylic acids is 1. The molecule has 29 heavy (non-hydrogen) atoms. The minimum atomic E-state index is -0.308. The van der Waals surface area contributed by atoms with Gasteiger partial charge >= 0.3 is 5.63 Å². The minimum absolute atomic E-state index is 0.0242. The van der Waals surface area contributed by atoms with Crippen molar-refractivity contribution in [1.29, 1.82) is 0 Å². The van der Waals surface area contributed by atoms with Crippen molar-refractivity contribution in [1.82, 2.24) is 4.90 Å². The molecule has 4 rings (SSSR count). The number of nitrogens with zero attached hydrogens (tertiary/aromatic N) is 1. The molecule has 1 fully saturated rings. The van der Waals surface area contributed by atoms with Crippen LogP contribution in [-0.4, -0.2) is 23.9 Å². The number of para-hydroxylation sites is 1. The predicted molar refractivity (Wildman–Crippen MR) is 115 cm³/mol. The summed E-state index contributed by atoms with van der Waals surface area (Å²) in [4.78, 5) is 26.9. The van der Waals surface area contributed by atoms with E-state index in [4.69, 9.17) is 4.42 Å². The lowest BCUT2D eigenvalue weighted by Crippen LogP contribution is -2.37. The first-order chi connectivity index (χ1) is 14.1. The molecular weight excluding hydrogens is 364 g/mol. The Kier molecular flexibility index (Phi) is 5.76. The molecule has 1 aromatic heterocycles. The van der Waals surface area contributed by atoms with Crippen LogP contribution in [0.3, 0.4) is 0 Å². The van der Waals surface area contributed by atoms with Crippen LogP contribution in [0, 0.1) is 5.92 Å². The third-order valence-corrected chi connectivity index (χ3v) is 5.70. The monoisotopic (exact) mass is 390 g/mol. The average Bonchev–Trinajstić information content (AvgIpc) is 2.74. The molecule has 0 saturated carbocycles. The van der Waals surface area contributed by atoms with E-state index in [-0.39, 0.29) is 17.5 Å². The lowest BCUT2D eigenvalue weighted by molar-refractivity contribution is -0.121. The van der Waals surface area contributed by atoms with Crippen molar-refractivity contribution in [2.75, 3.05) is 18.4 Å². The zero-order valence-electron chi connectivity index (χ0n) is 16.7. The molecule has 1 aliphatic heterocycles. The molecule has 5 nitrogen and oxygen atoms in total. The van der Waals surface area contributed by atoms with Crippen molar-refractivity contribution in [2.45, 2.75) is 32.7 Å². The summed E-state index contributed by atoms with van der Waals surface area (Å²) in [5.74, 6) is 0.116. The fourth-order valence-corrected chi connectivity index (χ4v) is 3.99. The third kappa shape index (κ3) is 4.57. The highest BCUT2D eigenvalue weighted by molar-refractivity contribution is 5.92. The van der Waals surface area contributed by atoms with Crippen LogP contribution in [0.4, 0.5) is 5.69 Å². The summed E-state index contributed by atoms with van der Waals surface area (Å²) in [6.07, 6.45) is 2.54. The standard InChI is InChI=1S/C24H26N2O3/c1-2-17-8-9-21-19(15-23(27)29-22(21)14-17)16-26-12-10-18(11-13-26)24(28)25-20-6-4-3-5-7-20/h3-9,14-15,18H,2,10-13,16H2,1H3,(H,25,28). The number of hydrogen-bond donors (Lipinski definition) is 1. The second-order valence-corrected chi connectivity index (χ2v) is 7.68. The Labute approximate surface area is 170 Å². The highest BCUT2D eigenvalue weighted by Gasteiger charge is 2.25. The van der Waals surface area contributed by atoms with Crippen LogP contribution in [0.5, 0.6) is 0 Å². The number of fused-ring (bicyclic) bond motifs is 1. The molecule has 2 aromatic carbocycles. The molecule has 150 valence electrons. The summed E-state index contributed by atoms with van der Waals surface area (Å²) in [7, 11) is 0. The minimum Gasteiger partial charge on any atom is -0.423 e. The molecule has 1 N–H and O–H groups in total. The van der Waals surface area contributed by atoms with Crippen LogP contribution < -0.4 is 10.9 Å². The Morgan fingerprint density at radius 2 is 1.86 bits per heavy atom. The molecule has 0 aliphatic carbocycles. The van der Waals surface area contributed by atoms with E-state index in [0.29, 0.717) is 12.1 Å². The normalized spacial score (nSPS) is 15.5. The van der Waals surface area contributed by atoms with Crippen LogP contribution in [0.15, 0.2) is 63.8 Å². The van der Waals surface area contributed by atoms with E-state index < -0.39 is 0 Å². The van der Waals surface area contributed by atoms with Crippen molar-refractivity contribution < 1.29 is 9.21 Å². The van der Waals surface area contributed by atoms with Crippen LogP contribution in [0.25, 0.3) is 11.0 Å². The number of piperidine rings is 1. The van der Waals surface area contributed by atoms with Crippen molar-refractivity contribution in [3.63, 3.8) is 0 Å². The first-order valence-corrected chi connectivity index (χ1v) is 10.3. The second kappa shape index (κ2) is 8.62. The van der Waals surface area contributed by atoms with Crippen LogP contribution >= 0.6 is 0 Å². The van der Waals surface area contributed by atoms with E-state index in [1.54, 1.807) is 6.07 Å². The fraction of sp³-hybridized carbons (Fsp3) is 0.333. The summed E-state index contributed by atoms with van der Waals surface area (Å²) in [6.45, 7) is 4.45. The zero-order valence-corrected chi connectivity index (χ0v) is 16.7. The molecule has 3 aromatic rings. The van der Waals surface area contributed by atoms with Gasteiger partial charge in [0.15, 0.2) is 0 Å². The van der Waals surface area contributed by atoms with Gasteiger partial charge in [0.25, 0.3) is 0 Å². The molecule has 1 amide bonds. The quantitative estimate of drug-likeness (QED) is 0.663. The SMILES string of the molecule is CCc1ccc2c(CN3CCC(C(=O)Nc4ccccc4)CC3)cc(=O)oc2c1. The Hall–Kier alpha value is -2.92. The van der Waals surface area contributed by atoms with Crippen molar-refractivity contribution in [3.05, 3.63) is 76.1 Å². The summed E-state index contributed by atoms with van der Waals surface area (Å²) in [6, 6.07) is 17.3. The van der Waals surface area contributed by atoms with Gasteiger partial charge < -0.3 is 9.73 Å². The highest BCUT2D eigenvalue weighted by Crippen LogP contribution is 2.24. The molecule has 1 saturated heterocycles. The number of benzene rings is 2. The number of rotatable bonds is 5. The van der Waals surface area contributed by atoms with Crippen molar-refractivity contribution in [3.8, 4) is 0 Å². The first-order valence-electron chi connectivity index (χ1n) is 10.3. The van der Waals surface area contributed by atoms with Gasteiger partial charge in [-0.25, -0.2) is 4.79 Å². The van der Waals surface area contributed by atoms with Gasteiger partial charge in [0.1, 0.15) is 5.58 Å². The number of nitrogens with one attached hydrogen (secondary N) is 1. The molecule has 0 spiro atoms. The molecule has 2 heterocycles. The number of hydrogen-bond acceptors (Lipinski definition) is 4. The lowest BCUT2D eigenvalue weighted by Gasteiger charge is -2.31. The van der Waals surface area contributed by atoms with Gasteiger partial charge in [0.05, 0.1) is 0 Å². The number of anilines is 1. The molecule has 1 aliphatic rings. The van der Waals surface area contributed by atoms with E-state index in [2.05, 4.69) is 23.2 Å². The van der Waals surface area contributed by atoms with Gasteiger partial charge in [-0.3, -0.25) is 9.69 Å². The van der Waals surface area contributed by atoms with E-state index >= 15 is 0 Å². The summed E-state index contributed by atoms with van der Waals surface area (Å²) >= 11 is 0. The second-order valence-electron chi connectivity index (χ2n) is 7.68. The topological polar surface area (TPSA) is 62.6 Å². The molecule has 0 unspecified atom stereocenters. The van der Waals surface area contributed by atoms with E-state index in [1.807, 2.05) is 42.5 Å². The average molecular weight is 390 g/mol. The maximum atomic E-state index is 12.5. The molecule has 0 radical (unpaired) electrons. The Morgan fingerprint density at radius 3 is 2.59 bits per heavy atom. The maximum absolute atomic E-state index is 12.5. The maximum Gasteiger partial charge on any atom is 0.336 e. The van der Waals surface area contributed by atoms with Crippen molar-refractivity contribution >= 4 is 22.6 Å². The van der Waals surface area contributed by atoms with Gasteiger partial charge in [-0.05, 0) is 61.7 Å². The van der Waals surface area contributed by atoms with E-state index in [0.717, 1.165) is 54.6 Å². The summed E-state index contributed by atoms with van der Waals surface area (Å²) in [5, 5.41) is 4.00. The first kappa shape index (κ1) is 19.4. The van der Waals surface area contributed by atoms with E-state index in [9.17, 15) is 9.59 Å². The number of amides is 1. The summed E-state index contributed by atoms with van der Waals surface area (Å²) in [5.41, 5.74) is 3.34.